The molecule has 0 amide bonds. The summed E-state index contributed by atoms with van der Waals surface area (Å²) in [6.45, 7) is 12.2. The third-order valence-corrected chi connectivity index (χ3v) is 4.89. The Morgan fingerprint density at radius 3 is 1.62 bits per heavy atom. The van der Waals surface area contributed by atoms with Gasteiger partial charge in [-0.15, -0.1) is 0 Å². The van der Waals surface area contributed by atoms with Gasteiger partial charge in [0.25, 0.3) is 0 Å². The van der Waals surface area contributed by atoms with Crippen molar-refractivity contribution in [1.82, 2.24) is 5.32 Å². The molecule has 24 heavy (non-hydrogen) atoms. The molecule has 0 aromatic carbocycles. The van der Waals surface area contributed by atoms with Crippen LogP contribution < -0.4 is 5.32 Å². The third-order valence-electron chi connectivity index (χ3n) is 4.23. The summed E-state index contributed by atoms with van der Waals surface area (Å²) in [5.74, 6) is 1.20. The van der Waals surface area contributed by atoms with Crippen molar-refractivity contribution in [3.8, 4) is 0 Å². The number of hydrogen-bond acceptors (Lipinski definition) is 1. The van der Waals surface area contributed by atoms with Gasteiger partial charge in [-0.25, -0.2) is 0 Å². The van der Waals surface area contributed by atoms with Crippen LogP contribution in [0.25, 0.3) is 0 Å². The van der Waals surface area contributed by atoms with Gasteiger partial charge in [0.1, 0.15) is 0 Å². The van der Waals surface area contributed by atoms with Gasteiger partial charge >= 0.3 is 129 Å². The number of nitrogens with zero attached hydrogens (tertiary/aromatic N) is 1. The van der Waals surface area contributed by atoms with E-state index in [4.69, 9.17) is 4.99 Å². The molecule has 144 valence electrons. The minimum atomic E-state index is 0.121. The standard InChI is InChI=1S/C21H45AsN2/c1-6-7-8-9-10-11-12-13-14-15-16-17-18-23-20(19(2)22)24-21(3,4)5/h19H,6-18,22H2,1-5H3,(H,23,24). The molecule has 2 unspecified atom stereocenters. The zero-order valence-corrected chi connectivity index (χ0v) is 19.7. The third kappa shape index (κ3) is 16.9. The van der Waals surface area contributed by atoms with Crippen molar-refractivity contribution in [3.63, 3.8) is 0 Å². The second-order valence-corrected chi connectivity index (χ2v) is 10.4. The van der Waals surface area contributed by atoms with Crippen LogP contribution in [0.1, 0.15) is 112 Å². The van der Waals surface area contributed by atoms with Gasteiger partial charge in [0.15, 0.2) is 0 Å². The number of aliphatic imine (C=N–C) groups is 1. The van der Waals surface area contributed by atoms with Crippen molar-refractivity contribution in [1.29, 1.82) is 0 Å². The summed E-state index contributed by atoms with van der Waals surface area (Å²) in [7, 11) is 0. The minimum absolute atomic E-state index is 0.121. The first-order valence-electron chi connectivity index (χ1n) is 10.4. The fourth-order valence-electron chi connectivity index (χ4n) is 2.83. The SMILES string of the molecule is CCCCCCCCCCCCCCN=C(NC(C)(C)C)C(C)[AsH2]. The van der Waals surface area contributed by atoms with Gasteiger partial charge in [0, 0.05) is 0 Å². The molecule has 0 heterocycles. The summed E-state index contributed by atoms with van der Waals surface area (Å²) in [4.78, 5) is 4.81. The first kappa shape index (κ1) is 24.0. The van der Waals surface area contributed by atoms with E-state index in [1.54, 1.807) is 16.9 Å². The average Bonchev–Trinajstić information content (AvgIpc) is 2.49. The Labute approximate surface area is 161 Å². The molecule has 0 aliphatic carbocycles. The number of hydrogen-bond donors (Lipinski definition) is 1. The molecule has 0 aromatic rings. The molecular weight excluding hydrogens is 355 g/mol. The van der Waals surface area contributed by atoms with E-state index in [1.165, 1.54) is 82.9 Å². The van der Waals surface area contributed by atoms with Gasteiger partial charge < -0.3 is 0 Å². The molecular formula is C21H45AsN2. The molecule has 3 heteroatoms. The number of amidine groups is 1. The molecule has 0 aromatic heterocycles. The van der Waals surface area contributed by atoms with Crippen molar-refractivity contribution in [2.75, 3.05) is 6.54 Å². The first-order valence-corrected chi connectivity index (χ1v) is 11.8. The Morgan fingerprint density at radius 1 is 0.833 bits per heavy atom. The predicted molar refractivity (Wildman–Crippen MR) is 114 cm³/mol. The number of unbranched alkanes of at least 4 members (excludes halogenated alkanes) is 11. The monoisotopic (exact) mass is 400 g/mol. The fraction of sp³-hybridized carbons (Fsp3) is 0.952. The first-order chi connectivity index (χ1) is 11.4. The van der Waals surface area contributed by atoms with E-state index in [1.807, 2.05) is 0 Å². The Hall–Kier alpha value is 0.0284. The molecule has 0 radical (unpaired) electrons. The number of rotatable bonds is 14. The molecule has 0 saturated carbocycles. The van der Waals surface area contributed by atoms with Crippen LogP contribution in [-0.4, -0.2) is 34.8 Å². The van der Waals surface area contributed by atoms with Crippen molar-refractivity contribution >= 4 is 22.7 Å². The summed E-state index contributed by atoms with van der Waals surface area (Å²) in [6, 6.07) is 0. The molecule has 0 bridgehead atoms. The molecule has 1 N–H and O–H groups in total. The van der Waals surface area contributed by atoms with Crippen LogP contribution in [0.2, 0.25) is 4.71 Å². The van der Waals surface area contributed by atoms with Gasteiger partial charge in [0.2, 0.25) is 0 Å². The molecule has 0 rings (SSSR count). The van der Waals surface area contributed by atoms with Gasteiger partial charge in [0.05, 0.1) is 0 Å². The van der Waals surface area contributed by atoms with E-state index in [-0.39, 0.29) is 5.54 Å². The van der Waals surface area contributed by atoms with Crippen LogP contribution in [0.4, 0.5) is 0 Å². The van der Waals surface area contributed by atoms with E-state index in [0.29, 0.717) is 4.71 Å². The summed E-state index contributed by atoms with van der Waals surface area (Å²) < 4.78 is 0.550. The molecule has 0 spiro atoms. The van der Waals surface area contributed by atoms with Crippen molar-refractivity contribution in [2.24, 2.45) is 4.99 Å². The molecule has 0 fully saturated rings. The Morgan fingerprint density at radius 2 is 1.25 bits per heavy atom. The average molecular weight is 401 g/mol. The topological polar surface area (TPSA) is 24.4 Å². The fourth-order valence-corrected chi connectivity index (χ4v) is 3.23. The zero-order chi connectivity index (χ0) is 18.3. The van der Waals surface area contributed by atoms with Gasteiger partial charge in [-0.3, -0.25) is 0 Å². The normalized spacial score (nSPS) is 14.0. The van der Waals surface area contributed by atoms with Crippen molar-refractivity contribution in [3.05, 3.63) is 0 Å². The van der Waals surface area contributed by atoms with Crippen molar-refractivity contribution < 1.29 is 0 Å². The summed E-state index contributed by atoms with van der Waals surface area (Å²) in [6.07, 6.45) is 16.8. The molecule has 0 saturated heterocycles. The maximum absolute atomic E-state index is 4.81. The molecule has 0 aliphatic heterocycles. The van der Waals surface area contributed by atoms with Crippen molar-refractivity contribution in [2.45, 2.75) is 122 Å². The van der Waals surface area contributed by atoms with Gasteiger partial charge in [-0.05, 0) is 0 Å². The van der Waals surface area contributed by atoms with E-state index in [9.17, 15) is 0 Å². The summed E-state index contributed by atoms with van der Waals surface area (Å²) in [5, 5.41) is 3.56. The van der Waals surface area contributed by atoms with Crippen LogP contribution in [-0.2, 0) is 0 Å². The predicted octanol–water partition coefficient (Wildman–Crippen LogP) is 5.92. The van der Waals surface area contributed by atoms with E-state index in [0.717, 1.165) is 6.54 Å². The number of nitrogens with one attached hydrogen (secondary N) is 1. The Balaban J connectivity index is 3.53. The Kier molecular flexibility index (Phi) is 15.3. The Bertz CT molecular complexity index is 305. The zero-order valence-electron chi connectivity index (χ0n) is 17.3. The van der Waals surface area contributed by atoms with Crippen LogP contribution in [0.5, 0.6) is 0 Å². The quantitative estimate of drug-likeness (QED) is 0.167. The summed E-state index contributed by atoms with van der Waals surface area (Å²) in [5.41, 5.74) is 0.121. The van der Waals surface area contributed by atoms with E-state index in [2.05, 4.69) is 39.9 Å². The van der Waals surface area contributed by atoms with Crippen LogP contribution >= 0.6 is 0 Å². The van der Waals surface area contributed by atoms with Crippen LogP contribution in [0.3, 0.4) is 0 Å². The molecule has 2 atom stereocenters. The van der Waals surface area contributed by atoms with E-state index >= 15 is 0 Å². The van der Waals surface area contributed by atoms with Crippen LogP contribution in [0.15, 0.2) is 4.99 Å². The summed E-state index contributed by atoms with van der Waals surface area (Å²) >= 11 is 1.75. The van der Waals surface area contributed by atoms with Gasteiger partial charge in [-0.2, -0.15) is 0 Å². The maximum atomic E-state index is 4.81. The second kappa shape index (κ2) is 15.3. The van der Waals surface area contributed by atoms with Crippen LogP contribution in [0, 0.1) is 0 Å². The van der Waals surface area contributed by atoms with E-state index < -0.39 is 0 Å². The molecule has 0 aliphatic rings. The second-order valence-electron chi connectivity index (χ2n) is 8.32. The van der Waals surface area contributed by atoms with Gasteiger partial charge in [-0.1, -0.05) is 32.6 Å². The molecule has 2 nitrogen and oxygen atoms in total.